The SMILES string of the molecule is CO[C@@H]1CCCN(Cc2cc(C(F)(F)F)c3cn(-c4cccc([C@@H](C5CCC5)C5NNCN5C)c4)c(=O)n3c2)C1. The first-order valence-corrected chi connectivity index (χ1v) is 14.1. The van der Waals surface area contributed by atoms with Crippen LogP contribution in [0, 0.1) is 5.92 Å². The molecule has 2 aliphatic heterocycles. The number of imidazole rings is 1. The van der Waals surface area contributed by atoms with Gasteiger partial charge in [0.05, 0.1) is 35.7 Å². The topological polar surface area (TPSA) is 66.2 Å². The van der Waals surface area contributed by atoms with Crippen molar-refractivity contribution in [1.29, 1.82) is 0 Å². The molecule has 0 amide bonds. The van der Waals surface area contributed by atoms with Crippen molar-refractivity contribution >= 4 is 5.52 Å². The molecule has 3 aromatic rings. The number of hydrogen-bond acceptors (Lipinski definition) is 6. The Hall–Kier alpha value is -2.70. The Balaban J connectivity index is 1.38. The lowest BCUT2D eigenvalue weighted by Crippen LogP contribution is -2.44. The van der Waals surface area contributed by atoms with Gasteiger partial charge in [-0.3, -0.25) is 18.8 Å². The molecule has 4 heterocycles. The maximum atomic E-state index is 14.3. The van der Waals surface area contributed by atoms with E-state index in [1.165, 1.54) is 23.3 Å². The Morgan fingerprint density at radius 3 is 2.62 bits per heavy atom. The molecule has 0 spiro atoms. The van der Waals surface area contributed by atoms with Crippen molar-refractivity contribution < 1.29 is 17.9 Å². The van der Waals surface area contributed by atoms with E-state index in [1.807, 2.05) is 12.1 Å². The monoisotopic (exact) mass is 558 g/mol. The lowest BCUT2D eigenvalue weighted by molar-refractivity contribution is -0.136. The predicted molar refractivity (Wildman–Crippen MR) is 146 cm³/mol. The molecule has 3 fully saturated rings. The molecule has 8 nitrogen and oxygen atoms in total. The molecule has 3 aliphatic rings. The first kappa shape index (κ1) is 27.5. The molecule has 11 heteroatoms. The van der Waals surface area contributed by atoms with E-state index in [-0.39, 0.29) is 23.7 Å². The normalized spacial score (nSPS) is 24.0. The van der Waals surface area contributed by atoms with Gasteiger partial charge in [-0.2, -0.15) is 13.2 Å². The van der Waals surface area contributed by atoms with Crippen LogP contribution in [0.1, 0.15) is 54.7 Å². The maximum Gasteiger partial charge on any atom is 0.418 e. The number of hydrazine groups is 1. The van der Waals surface area contributed by atoms with Gasteiger partial charge in [0.1, 0.15) is 0 Å². The number of piperidine rings is 1. The van der Waals surface area contributed by atoms with Gasteiger partial charge in [-0.1, -0.05) is 18.6 Å². The number of likely N-dealkylation sites (N-methyl/N-ethyl adjacent to an activating group) is 1. The molecule has 0 radical (unpaired) electrons. The van der Waals surface area contributed by atoms with Crippen LogP contribution in [0.25, 0.3) is 11.2 Å². The lowest BCUT2D eigenvalue weighted by atomic mass is 9.71. The van der Waals surface area contributed by atoms with Crippen molar-refractivity contribution in [2.75, 3.05) is 33.9 Å². The number of hydrogen-bond donors (Lipinski definition) is 2. The average molecular weight is 559 g/mol. The largest absolute Gasteiger partial charge is 0.418 e. The fraction of sp³-hybridized carbons (Fsp3) is 0.552. The highest BCUT2D eigenvalue weighted by atomic mass is 19.4. The number of benzene rings is 1. The summed E-state index contributed by atoms with van der Waals surface area (Å²) >= 11 is 0. The number of halogens is 3. The zero-order valence-corrected chi connectivity index (χ0v) is 23.0. The predicted octanol–water partition coefficient (Wildman–Crippen LogP) is 3.93. The van der Waals surface area contributed by atoms with E-state index in [0.29, 0.717) is 30.3 Å². The molecule has 1 unspecified atom stereocenters. The number of rotatable bonds is 7. The van der Waals surface area contributed by atoms with Gasteiger partial charge in [-0.25, -0.2) is 15.6 Å². The molecule has 2 aromatic heterocycles. The van der Waals surface area contributed by atoms with Crippen LogP contribution < -0.4 is 16.5 Å². The van der Waals surface area contributed by atoms with Crippen LogP contribution in [0.4, 0.5) is 13.2 Å². The molecule has 2 N–H and O–H groups in total. The Bertz CT molecular complexity index is 1410. The Morgan fingerprint density at radius 1 is 1.12 bits per heavy atom. The summed E-state index contributed by atoms with van der Waals surface area (Å²) in [4.78, 5) is 18.0. The lowest BCUT2D eigenvalue weighted by Gasteiger charge is -2.39. The average Bonchev–Trinajstić information content (AvgIpc) is 3.48. The fourth-order valence-corrected chi connectivity index (χ4v) is 6.59. The second kappa shape index (κ2) is 10.9. The molecule has 1 aliphatic carbocycles. The van der Waals surface area contributed by atoms with Crippen molar-refractivity contribution in [1.82, 2.24) is 29.6 Å². The minimum Gasteiger partial charge on any atom is -0.380 e. The van der Waals surface area contributed by atoms with E-state index >= 15 is 0 Å². The molecule has 216 valence electrons. The van der Waals surface area contributed by atoms with Gasteiger partial charge in [0.2, 0.25) is 0 Å². The molecular formula is C29H37F3N6O2. The number of alkyl halides is 3. The third-order valence-electron chi connectivity index (χ3n) is 8.92. The minimum atomic E-state index is -4.60. The number of aromatic nitrogens is 2. The van der Waals surface area contributed by atoms with E-state index in [0.717, 1.165) is 48.9 Å². The number of likely N-dealkylation sites (tertiary alicyclic amines) is 1. The number of nitrogens with zero attached hydrogens (tertiary/aromatic N) is 4. The summed E-state index contributed by atoms with van der Waals surface area (Å²) in [5.74, 6) is 0.700. The Kier molecular flexibility index (Phi) is 7.51. The van der Waals surface area contributed by atoms with E-state index in [1.54, 1.807) is 19.4 Å². The zero-order chi connectivity index (χ0) is 28.0. The molecule has 1 aromatic carbocycles. The molecular weight excluding hydrogens is 521 g/mol. The summed E-state index contributed by atoms with van der Waals surface area (Å²) in [6.07, 6.45) is 3.77. The minimum absolute atomic E-state index is 0.0643. The van der Waals surface area contributed by atoms with E-state index in [2.05, 4.69) is 33.8 Å². The van der Waals surface area contributed by atoms with Crippen molar-refractivity contribution in [2.24, 2.45) is 5.92 Å². The quantitative estimate of drug-likeness (QED) is 0.458. The van der Waals surface area contributed by atoms with E-state index < -0.39 is 17.4 Å². The van der Waals surface area contributed by atoms with Gasteiger partial charge in [-0.15, -0.1) is 0 Å². The van der Waals surface area contributed by atoms with Gasteiger partial charge in [-0.05, 0) is 74.5 Å². The van der Waals surface area contributed by atoms with Crippen molar-refractivity contribution in [2.45, 2.75) is 63.0 Å². The van der Waals surface area contributed by atoms with Gasteiger partial charge in [0.15, 0.2) is 0 Å². The third-order valence-corrected chi connectivity index (χ3v) is 8.92. The molecule has 1 saturated carbocycles. The highest BCUT2D eigenvalue weighted by Crippen LogP contribution is 2.42. The molecule has 6 rings (SSSR count). The van der Waals surface area contributed by atoms with E-state index in [4.69, 9.17) is 4.74 Å². The Morgan fingerprint density at radius 2 is 1.95 bits per heavy atom. The first-order valence-electron chi connectivity index (χ1n) is 14.1. The van der Waals surface area contributed by atoms with Crippen molar-refractivity contribution in [3.63, 3.8) is 0 Å². The highest BCUT2D eigenvalue weighted by Gasteiger charge is 2.39. The summed E-state index contributed by atoms with van der Waals surface area (Å²) in [6, 6.07) is 8.90. The number of fused-ring (bicyclic) bond motifs is 1. The third kappa shape index (κ3) is 5.21. The van der Waals surface area contributed by atoms with Crippen LogP contribution in [-0.4, -0.2) is 65.0 Å². The van der Waals surface area contributed by atoms with Crippen LogP contribution in [0.5, 0.6) is 0 Å². The van der Waals surface area contributed by atoms with Gasteiger partial charge in [0.25, 0.3) is 0 Å². The number of ether oxygens (including phenoxy) is 1. The molecule has 40 heavy (non-hydrogen) atoms. The van der Waals surface area contributed by atoms with Gasteiger partial charge in [0, 0.05) is 38.5 Å². The highest BCUT2D eigenvalue weighted by molar-refractivity contribution is 5.58. The summed E-state index contributed by atoms with van der Waals surface area (Å²) in [5, 5.41) is 0. The Labute approximate surface area is 231 Å². The fourth-order valence-electron chi connectivity index (χ4n) is 6.59. The molecule has 3 atom stereocenters. The smallest absolute Gasteiger partial charge is 0.380 e. The second-order valence-electron chi connectivity index (χ2n) is 11.5. The number of nitrogens with one attached hydrogen (secondary N) is 2. The summed E-state index contributed by atoms with van der Waals surface area (Å²) in [5.41, 5.74) is 7.24. The van der Waals surface area contributed by atoms with Crippen molar-refractivity contribution in [3.8, 4) is 5.69 Å². The van der Waals surface area contributed by atoms with Crippen LogP contribution >= 0.6 is 0 Å². The zero-order valence-electron chi connectivity index (χ0n) is 23.0. The maximum absolute atomic E-state index is 14.3. The first-order chi connectivity index (χ1) is 19.2. The molecule has 2 saturated heterocycles. The van der Waals surface area contributed by atoms with Crippen LogP contribution in [0.15, 0.2) is 47.5 Å². The van der Waals surface area contributed by atoms with Crippen molar-refractivity contribution in [3.05, 3.63) is 69.9 Å². The number of methoxy groups -OCH3 is 1. The summed E-state index contributed by atoms with van der Waals surface area (Å²) in [6.45, 7) is 2.49. The standard InChI is InChI=1S/C29H37F3N6O2/c1-35-18-33-34-27(35)26(20-6-3-7-20)21-8-4-9-22(13-21)37-17-25-24(29(30,31)32)12-19(15-38(25)28(37)39)14-36-11-5-10-23(16-36)40-2/h4,8-9,12-13,15,17,20,23,26-27,33-34H,3,5-7,10-11,14,16,18H2,1-2H3/t23-,26-,27?/m1/s1. The van der Waals surface area contributed by atoms with Gasteiger partial charge < -0.3 is 4.74 Å². The van der Waals surface area contributed by atoms with E-state index in [9.17, 15) is 18.0 Å². The van der Waals surface area contributed by atoms with Crippen LogP contribution in [0.2, 0.25) is 0 Å². The second-order valence-corrected chi connectivity index (χ2v) is 11.5. The summed E-state index contributed by atoms with van der Waals surface area (Å²) in [7, 11) is 3.72. The van der Waals surface area contributed by atoms with Gasteiger partial charge >= 0.3 is 11.9 Å². The molecule has 0 bridgehead atoms. The summed E-state index contributed by atoms with van der Waals surface area (Å²) < 4.78 is 50.8. The van der Waals surface area contributed by atoms with Crippen LogP contribution in [0.3, 0.4) is 0 Å². The van der Waals surface area contributed by atoms with Crippen LogP contribution in [-0.2, 0) is 17.5 Å². The number of pyridine rings is 1.